The van der Waals surface area contributed by atoms with E-state index in [1.807, 2.05) is 37.2 Å². The third kappa shape index (κ3) is 3.69. The van der Waals surface area contributed by atoms with Gasteiger partial charge in [0, 0.05) is 26.2 Å². The van der Waals surface area contributed by atoms with E-state index in [4.69, 9.17) is 9.47 Å². The van der Waals surface area contributed by atoms with Gasteiger partial charge in [0.25, 0.3) is 0 Å². The van der Waals surface area contributed by atoms with Gasteiger partial charge in [-0.2, -0.15) is 5.10 Å². The van der Waals surface area contributed by atoms with Crippen LogP contribution in [0.4, 0.5) is 5.82 Å². The van der Waals surface area contributed by atoms with Gasteiger partial charge in [-0.1, -0.05) is 12.1 Å². The largest absolute Gasteiger partial charge is 0.493 e. The lowest BCUT2D eigenvalue weighted by molar-refractivity contribution is 0.238. The van der Waals surface area contributed by atoms with Crippen LogP contribution in [0.5, 0.6) is 11.5 Å². The van der Waals surface area contributed by atoms with Crippen molar-refractivity contribution in [2.75, 3.05) is 39.8 Å². The molecule has 0 saturated carbocycles. The Morgan fingerprint density at radius 2 is 1.96 bits per heavy atom. The number of ether oxygens (including phenoxy) is 2. The second-order valence-corrected chi connectivity index (χ2v) is 6.49. The lowest BCUT2D eigenvalue weighted by Gasteiger charge is -2.25. The number of para-hydroxylation sites is 1. The van der Waals surface area contributed by atoms with E-state index < -0.39 is 0 Å². The third-order valence-corrected chi connectivity index (χ3v) is 4.69. The number of nitrogens with zero attached hydrogens (tertiary/aromatic N) is 4. The Hall–Kier alpha value is -2.34. The van der Waals surface area contributed by atoms with Gasteiger partial charge in [-0.25, -0.2) is 0 Å². The number of aromatic nitrogens is 2. The number of methoxy groups -OCH3 is 2. The maximum Gasteiger partial charge on any atom is 0.165 e. The molecule has 25 heavy (non-hydrogen) atoms. The van der Waals surface area contributed by atoms with E-state index in [1.165, 1.54) is 0 Å². The van der Waals surface area contributed by atoms with E-state index in [0.29, 0.717) is 6.04 Å². The first-order valence-corrected chi connectivity index (χ1v) is 8.59. The molecule has 134 valence electrons. The van der Waals surface area contributed by atoms with E-state index in [1.54, 1.807) is 14.2 Å². The Kier molecular flexibility index (Phi) is 5.38. The molecule has 0 radical (unpaired) electrons. The fourth-order valence-corrected chi connectivity index (χ4v) is 3.40. The molecule has 6 nitrogen and oxygen atoms in total. The molecule has 1 fully saturated rings. The molecule has 0 N–H and O–H groups in total. The smallest absolute Gasteiger partial charge is 0.165 e. The molecular weight excluding hydrogens is 316 g/mol. The first-order valence-electron chi connectivity index (χ1n) is 8.59. The molecule has 1 saturated heterocycles. The minimum Gasteiger partial charge on any atom is -0.493 e. The molecule has 1 aromatic carbocycles. The fraction of sp³-hybridized carbons (Fsp3) is 0.474. The van der Waals surface area contributed by atoms with E-state index in [9.17, 15) is 0 Å². The number of hydrogen-bond donors (Lipinski definition) is 0. The number of benzene rings is 1. The van der Waals surface area contributed by atoms with E-state index >= 15 is 0 Å². The van der Waals surface area contributed by atoms with Crippen molar-refractivity contribution in [1.82, 2.24) is 15.1 Å². The monoisotopic (exact) mass is 342 g/mol. The highest BCUT2D eigenvalue weighted by Gasteiger charge is 2.28. The van der Waals surface area contributed by atoms with Crippen molar-refractivity contribution in [3.05, 3.63) is 41.6 Å². The van der Waals surface area contributed by atoms with Crippen LogP contribution < -0.4 is 14.4 Å². The normalized spacial score (nSPS) is 17.5. The molecule has 0 spiro atoms. The summed E-state index contributed by atoms with van der Waals surface area (Å²) in [5, 5.41) is 8.79. The van der Waals surface area contributed by atoms with Gasteiger partial charge < -0.3 is 14.4 Å². The second-order valence-electron chi connectivity index (χ2n) is 6.49. The van der Waals surface area contributed by atoms with E-state index in [2.05, 4.69) is 27.2 Å². The van der Waals surface area contributed by atoms with Crippen molar-refractivity contribution in [1.29, 1.82) is 0 Å². The van der Waals surface area contributed by atoms with Crippen LogP contribution in [0.3, 0.4) is 0 Å². The number of hydrogen-bond acceptors (Lipinski definition) is 6. The molecule has 1 unspecified atom stereocenters. The molecule has 1 aliphatic rings. The van der Waals surface area contributed by atoms with Crippen LogP contribution in [0, 0.1) is 0 Å². The van der Waals surface area contributed by atoms with Gasteiger partial charge in [-0.3, -0.25) is 4.90 Å². The molecule has 0 amide bonds. The first kappa shape index (κ1) is 17.5. The summed E-state index contributed by atoms with van der Waals surface area (Å²) in [6, 6.07) is 10.4. The van der Waals surface area contributed by atoms with Crippen LogP contribution in [-0.2, 0) is 6.54 Å². The molecule has 0 aliphatic carbocycles. The van der Waals surface area contributed by atoms with Crippen LogP contribution in [0.15, 0.2) is 30.3 Å². The van der Waals surface area contributed by atoms with Gasteiger partial charge >= 0.3 is 0 Å². The van der Waals surface area contributed by atoms with E-state index in [0.717, 1.165) is 54.5 Å². The Morgan fingerprint density at radius 3 is 2.60 bits per heavy atom. The fourth-order valence-electron chi connectivity index (χ4n) is 3.40. The summed E-state index contributed by atoms with van der Waals surface area (Å²) in [6.45, 7) is 1.85. The average molecular weight is 342 g/mol. The zero-order chi connectivity index (χ0) is 17.8. The van der Waals surface area contributed by atoms with Crippen molar-refractivity contribution in [3.8, 4) is 11.5 Å². The quantitative estimate of drug-likeness (QED) is 0.804. The molecule has 1 atom stereocenters. The molecule has 1 aromatic heterocycles. The van der Waals surface area contributed by atoms with Crippen LogP contribution >= 0.6 is 0 Å². The van der Waals surface area contributed by atoms with Crippen molar-refractivity contribution in [2.45, 2.75) is 25.4 Å². The summed E-state index contributed by atoms with van der Waals surface area (Å²) in [7, 11) is 7.30. The Labute approximate surface area is 149 Å². The molecule has 2 heterocycles. The lowest BCUT2D eigenvalue weighted by Crippen LogP contribution is -2.24. The summed E-state index contributed by atoms with van der Waals surface area (Å²) < 4.78 is 11.0. The Bertz CT molecular complexity index is 703. The summed E-state index contributed by atoms with van der Waals surface area (Å²) >= 11 is 0. The van der Waals surface area contributed by atoms with Crippen LogP contribution in [-0.4, -0.2) is 50.0 Å². The van der Waals surface area contributed by atoms with Crippen LogP contribution in [0.1, 0.15) is 30.1 Å². The highest BCUT2D eigenvalue weighted by Crippen LogP contribution is 2.36. The predicted octanol–water partition coefficient (Wildman–Crippen LogP) is 2.90. The van der Waals surface area contributed by atoms with Gasteiger partial charge in [0.15, 0.2) is 17.3 Å². The Morgan fingerprint density at radius 1 is 1.12 bits per heavy atom. The number of anilines is 1. The third-order valence-electron chi connectivity index (χ3n) is 4.69. The number of likely N-dealkylation sites (tertiary alicyclic amines) is 1. The van der Waals surface area contributed by atoms with Crippen molar-refractivity contribution in [2.24, 2.45) is 0 Å². The SMILES string of the molecule is COc1cccc(CN2CCCC2c2ccc(N(C)C)nn2)c1OC. The van der Waals surface area contributed by atoms with Crippen LogP contribution in [0.25, 0.3) is 0 Å². The zero-order valence-corrected chi connectivity index (χ0v) is 15.4. The standard InChI is InChI=1S/C19H26N4O2/c1-22(2)18-11-10-15(20-21-18)16-8-6-12-23(16)13-14-7-5-9-17(24-3)19(14)25-4/h5,7,9-11,16H,6,8,12-13H2,1-4H3. The van der Waals surface area contributed by atoms with Crippen molar-refractivity contribution < 1.29 is 9.47 Å². The summed E-state index contributed by atoms with van der Waals surface area (Å²) in [6.07, 6.45) is 2.26. The van der Waals surface area contributed by atoms with E-state index in [-0.39, 0.29) is 0 Å². The minimum atomic E-state index is 0.291. The van der Waals surface area contributed by atoms with Gasteiger partial charge in [-0.15, -0.1) is 5.10 Å². The average Bonchev–Trinajstić information content (AvgIpc) is 3.09. The summed E-state index contributed by atoms with van der Waals surface area (Å²) in [4.78, 5) is 4.40. The summed E-state index contributed by atoms with van der Waals surface area (Å²) in [5.74, 6) is 2.46. The van der Waals surface area contributed by atoms with Gasteiger partial charge in [0.05, 0.1) is 26.0 Å². The summed E-state index contributed by atoms with van der Waals surface area (Å²) in [5.41, 5.74) is 2.16. The molecular formula is C19H26N4O2. The van der Waals surface area contributed by atoms with Crippen LogP contribution in [0.2, 0.25) is 0 Å². The van der Waals surface area contributed by atoms with Crippen molar-refractivity contribution in [3.63, 3.8) is 0 Å². The second kappa shape index (κ2) is 7.70. The maximum atomic E-state index is 5.58. The predicted molar refractivity (Wildman–Crippen MR) is 98.3 cm³/mol. The van der Waals surface area contributed by atoms with Gasteiger partial charge in [0.2, 0.25) is 0 Å². The molecule has 6 heteroatoms. The topological polar surface area (TPSA) is 50.7 Å². The maximum absolute atomic E-state index is 5.58. The molecule has 3 rings (SSSR count). The zero-order valence-electron chi connectivity index (χ0n) is 15.4. The molecule has 0 bridgehead atoms. The van der Waals surface area contributed by atoms with Gasteiger partial charge in [0.1, 0.15) is 0 Å². The highest BCUT2D eigenvalue weighted by molar-refractivity contribution is 5.46. The number of rotatable bonds is 6. The van der Waals surface area contributed by atoms with Crippen molar-refractivity contribution >= 4 is 5.82 Å². The Balaban J connectivity index is 1.80. The molecule has 2 aromatic rings. The lowest BCUT2D eigenvalue weighted by atomic mass is 10.1. The highest BCUT2D eigenvalue weighted by atomic mass is 16.5. The molecule has 1 aliphatic heterocycles. The first-order chi connectivity index (χ1) is 12.1. The minimum absolute atomic E-state index is 0.291. The van der Waals surface area contributed by atoms with Gasteiger partial charge in [-0.05, 0) is 37.6 Å².